The van der Waals surface area contributed by atoms with Gasteiger partial charge in [-0.1, -0.05) is 12.1 Å². The fourth-order valence-corrected chi connectivity index (χ4v) is 3.27. The summed E-state index contributed by atoms with van der Waals surface area (Å²) < 4.78 is 19.0. The predicted molar refractivity (Wildman–Crippen MR) is 92.8 cm³/mol. The fourth-order valence-electron chi connectivity index (χ4n) is 3.27. The van der Waals surface area contributed by atoms with Gasteiger partial charge in [-0.05, 0) is 43.5 Å². The number of urea groups is 1. The van der Waals surface area contributed by atoms with Gasteiger partial charge in [0.2, 0.25) is 0 Å². The Balaban J connectivity index is 1.71. The number of amides is 2. The normalized spacial score (nSPS) is 18.0. The van der Waals surface area contributed by atoms with E-state index < -0.39 is 11.9 Å². The lowest BCUT2D eigenvalue weighted by Crippen LogP contribution is -2.40. The highest BCUT2D eigenvalue weighted by Crippen LogP contribution is 2.33. The molecule has 2 aromatic rings. The van der Waals surface area contributed by atoms with Gasteiger partial charge in [0, 0.05) is 18.3 Å². The molecule has 6 heteroatoms. The first-order chi connectivity index (χ1) is 12.1. The summed E-state index contributed by atoms with van der Waals surface area (Å²) in [6, 6.07) is 8.79. The molecule has 2 heterocycles. The molecule has 3 rings (SSSR count). The topological polar surface area (TPSA) is 54.5 Å². The molecule has 2 atom stereocenters. The molecule has 1 aromatic carbocycles. The third-order valence-electron chi connectivity index (χ3n) is 4.62. The van der Waals surface area contributed by atoms with Gasteiger partial charge in [0.25, 0.3) is 0 Å². The first-order valence-electron chi connectivity index (χ1n) is 8.40. The third-order valence-corrected chi connectivity index (χ3v) is 4.62. The van der Waals surface area contributed by atoms with Crippen molar-refractivity contribution in [2.45, 2.75) is 31.8 Å². The van der Waals surface area contributed by atoms with Gasteiger partial charge in [-0.2, -0.15) is 0 Å². The number of benzene rings is 1. The first kappa shape index (κ1) is 17.2. The lowest BCUT2D eigenvalue weighted by molar-refractivity contribution is 0.189. The molecule has 1 aliphatic heterocycles. The zero-order chi connectivity index (χ0) is 17.8. The maximum Gasteiger partial charge on any atom is 0.318 e. The van der Waals surface area contributed by atoms with Crippen molar-refractivity contribution in [1.82, 2.24) is 15.2 Å². The second-order valence-electron chi connectivity index (χ2n) is 6.19. The molecule has 1 N–H and O–H groups in total. The monoisotopic (exact) mass is 343 g/mol. The molecule has 0 aliphatic carbocycles. The molecule has 0 spiro atoms. The van der Waals surface area contributed by atoms with E-state index in [1.165, 1.54) is 6.20 Å². The van der Waals surface area contributed by atoms with Crippen molar-refractivity contribution in [1.29, 1.82) is 0 Å². The Hall–Kier alpha value is -2.63. The summed E-state index contributed by atoms with van der Waals surface area (Å²) in [7, 11) is 1.63. The van der Waals surface area contributed by atoms with Crippen LogP contribution in [0.1, 0.15) is 43.0 Å². The minimum Gasteiger partial charge on any atom is -0.497 e. The van der Waals surface area contributed by atoms with Crippen molar-refractivity contribution >= 4 is 6.03 Å². The molecule has 0 bridgehead atoms. The van der Waals surface area contributed by atoms with Crippen molar-refractivity contribution in [3.8, 4) is 5.75 Å². The number of ether oxygens (including phenoxy) is 1. The summed E-state index contributed by atoms with van der Waals surface area (Å²) in [6.45, 7) is 2.46. The Kier molecular flexibility index (Phi) is 5.16. The van der Waals surface area contributed by atoms with Gasteiger partial charge in [-0.25, -0.2) is 9.18 Å². The molecule has 1 aliphatic rings. The third kappa shape index (κ3) is 3.73. The number of pyridine rings is 1. The van der Waals surface area contributed by atoms with Crippen LogP contribution in [-0.2, 0) is 0 Å². The summed E-state index contributed by atoms with van der Waals surface area (Å²) in [4.78, 5) is 18.3. The van der Waals surface area contributed by atoms with Gasteiger partial charge in [0.1, 0.15) is 11.6 Å². The average molecular weight is 343 g/mol. The van der Waals surface area contributed by atoms with E-state index in [1.807, 2.05) is 29.2 Å². The quantitative estimate of drug-likeness (QED) is 0.918. The molecule has 5 nitrogen and oxygen atoms in total. The van der Waals surface area contributed by atoms with E-state index in [0.717, 1.165) is 30.4 Å². The number of nitrogens with one attached hydrogen (secondary N) is 1. The number of nitrogens with zero attached hydrogens (tertiary/aromatic N) is 2. The van der Waals surface area contributed by atoms with Crippen molar-refractivity contribution in [3.05, 3.63) is 59.7 Å². The smallest absolute Gasteiger partial charge is 0.318 e. The molecule has 2 amide bonds. The fraction of sp³-hybridized carbons (Fsp3) is 0.368. The number of aromatic nitrogens is 1. The van der Waals surface area contributed by atoms with Crippen LogP contribution in [0.4, 0.5) is 9.18 Å². The van der Waals surface area contributed by atoms with E-state index in [0.29, 0.717) is 12.1 Å². The number of rotatable bonds is 4. The van der Waals surface area contributed by atoms with Crippen LogP contribution in [-0.4, -0.2) is 29.6 Å². The SMILES string of the molecule is COc1ccc([C@@H]2CCCN2C(=O)N[C@H](C)c2ccncc2F)cc1. The summed E-state index contributed by atoms with van der Waals surface area (Å²) in [5.74, 6) is 0.378. The Bertz CT molecular complexity index is 736. The average Bonchev–Trinajstić information content (AvgIpc) is 3.12. The minimum absolute atomic E-state index is 0.0281. The van der Waals surface area contributed by atoms with E-state index in [2.05, 4.69) is 10.3 Å². The molecule has 1 saturated heterocycles. The van der Waals surface area contributed by atoms with Crippen LogP contribution in [0.25, 0.3) is 0 Å². The van der Waals surface area contributed by atoms with Crippen molar-refractivity contribution in [2.75, 3.05) is 13.7 Å². The molecular formula is C19H22FN3O2. The van der Waals surface area contributed by atoms with Gasteiger partial charge in [0.15, 0.2) is 0 Å². The van der Waals surface area contributed by atoms with Crippen molar-refractivity contribution < 1.29 is 13.9 Å². The molecule has 25 heavy (non-hydrogen) atoms. The lowest BCUT2D eigenvalue weighted by atomic mass is 10.0. The zero-order valence-corrected chi connectivity index (χ0v) is 14.4. The lowest BCUT2D eigenvalue weighted by Gasteiger charge is -2.27. The Labute approximate surface area is 146 Å². The molecule has 132 valence electrons. The van der Waals surface area contributed by atoms with Crippen LogP contribution < -0.4 is 10.1 Å². The zero-order valence-electron chi connectivity index (χ0n) is 14.4. The summed E-state index contributed by atoms with van der Waals surface area (Å²) in [6.07, 6.45) is 4.55. The number of carbonyl (C=O) groups excluding carboxylic acids is 1. The van der Waals surface area contributed by atoms with Crippen LogP contribution >= 0.6 is 0 Å². The van der Waals surface area contributed by atoms with E-state index in [1.54, 1.807) is 20.1 Å². The van der Waals surface area contributed by atoms with Gasteiger partial charge in [-0.3, -0.25) is 4.98 Å². The second-order valence-corrected chi connectivity index (χ2v) is 6.19. The van der Waals surface area contributed by atoms with Crippen LogP contribution in [0, 0.1) is 5.82 Å². The van der Waals surface area contributed by atoms with Crippen LogP contribution in [0.5, 0.6) is 5.75 Å². The summed E-state index contributed by atoms with van der Waals surface area (Å²) >= 11 is 0. The summed E-state index contributed by atoms with van der Waals surface area (Å²) in [5, 5.41) is 2.90. The number of methoxy groups -OCH3 is 1. The standard InChI is InChI=1S/C19H22FN3O2/c1-13(16-9-10-21-12-17(16)20)22-19(24)23-11-3-4-18(23)14-5-7-15(25-2)8-6-14/h5-10,12-13,18H,3-4,11H2,1-2H3,(H,22,24)/t13-,18+/m1/s1. The molecule has 0 saturated carbocycles. The Morgan fingerprint density at radius 3 is 2.80 bits per heavy atom. The van der Waals surface area contributed by atoms with Gasteiger partial charge in [-0.15, -0.1) is 0 Å². The van der Waals surface area contributed by atoms with E-state index in [9.17, 15) is 9.18 Å². The first-order valence-corrected chi connectivity index (χ1v) is 8.40. The summed E-state index contributed by atoms with van der Waals surface area (Å²) in [5.41, 5.74) is 1.51. The molecule has 0 unspecified atom stereocenters. The van der Waals surface area contributed by atoms with Crippen LogP contribution in [0.15, 0.2) is 42.7 Å². The van der Waals surface area contributed by atoms with Gasteiger partial charge < -0.3 is 15.0 Å². The number of likely N-dealkylation sites (tertiary alicyclic amines) is 1. The largest absolute Gasteiger partial charge is 0.497 e. The minimum atomic E-state index is -0.424. The van der Waals surface area contributed by atoms with Gasteiger partial charge in [0.05, 0.1) is 25.4 Å². The van der Waals surface area contributed by atoms with E-state index in [-0.39, 0.29) is 12.1 Å². The molecular weight excluding hydrogens is 321 g/mol. The van der Waals surface area contributed by atoms with Crippen LogP contribution in [0.3, 0.4) is 0 Å². The highest BCUT2D eigenvalue weighted by atomic mass is 19.1. The highest BCUT2D eigenvalue weighted by Gasteiger charge is 2.30. The van der Waals surface area contributed by atoms with Crippen molar-refractivity contribution in [3.63, 3.8) is 0 Å². The second kappa shape index (κ2) is 7.51. The van der Waals surface area contributed by atoms with Crippen LogP contribution in [0.2, 0.25) is 0 Å². The number of halogens is 1. The molecule has 0 radical (unpaired) electrons. The Morgan fingerprint density at radius 2 is 2.12 bits per heavy atom. The molecule has 1 aromatic heterocycles. The van der Waals surface area contributed by atoms with Crippen molar-refractivity contribution in [2.24, 2.45) is 0 Å². The predicted octanol–water partition coefficient (Wildman–Crippen LogP) is 3.84. The molecule has 1 fully saturated rings. The number of carbonyl (C=O) groups is 1. The highest BCUT2D eigenvalue weighted by molar-refractivity contribution is 5.75. The number of hydrogen-bond donors (Lipinski definition) is 1. The van der Waals surface area contributed by atoms with Gasteiger partial charge >= 0.3 is 6.03 Å². The Morgan fingerprint density at radius 1 is 1.36 bits per heavy atom. The maximum atomic E-state index is 13.8. The van der Waals surface area contributed by atoms with E-state index >= 15 is 0 Å². The number of hydrogen-bond acceptors (Lipinski definition) is 3. The van der Waals surface area contributed by atoms with E-state index in [4.69, 9.17) is 4.74 Å². The maximum absolute atomic E-state index is 13.8.